The molecule has 5 heteroatoms. The molecule has 0 aliphatic heterocycles. The number of carbonyl (C=O) groups excluding carboxylic acids is 1. The van der Waals surface area contributed by atoms with Gasteiger partial charge in [0.1, 0.15) is 5.69 Å². The minimum absolute atomic E-state index is 0.0666. The average Bonchev–Trinajstić information content (AvgIpc) is 2.96. The Morgan fingerprint density at radius 1 is 1.50 bits per heavy atom. The monoisotopic (exact) mass is 354 g/mol. The highest BCUT2D eigenvalue weighted by atomic mass is 79.9. The Bertz CT molecular complexity index is 603. The van der Waals surface area contributed by atoms with Crippen LogP contribution in [-0.2, 0) is 13.1 Å². The SMILES string of the molecule is CCCn1cc(Br)cc1C(=O)N(C)Cc1sccc1C. The smallest absolute Gasteiger partial charge is 0.270 e. The Balaban J connectivity index is 2.16. The summed E-state index contributed by atoms with van der Waals surface area (Å²) in [6, 6.07) is 3.99. The first-order valence-electron chi connectivity index (χ1n) is 6.67. The zero-order chi connectivity index (χ0) is 14.7. The van der Waals surface area contributed by atoms with Crippen molar-refractivity contribution in [2.24, 2.45) is 0 Å². The lowest BCUT2D eigenvalue weighted by molar-refractivity contribution is 0.0775. The third-order valence-electron chi connectivity index (χ3n) is 3.24. The summed E-state index contributed by atoms with van der Waals surface area (Å²) in [5, 5.41) is 2.07. The Labute approximate surface area is 132 Å². The molecule has 2 heterocycles. The molecule has 0 fully saturated rings. The van der Waals surface area contributed by atoms with Crippen LogP contribution in [-0.4, -0.2) is 22.4 Å². The molecule has 0 aromatic carbocycles. The van der Waals surface area contributed by atoms with E-state index in [1.165, 1.54) is 10.4 Å². The lowest BCUT2D eigenvalue weighted by atomic mass is 10.2. The fourth-order valence-electron chi connectivity index (χ4n) is 2.13. The van der Waals surface area contributed by atoms with E-state index in [1.54, 1.807) is 16.2 Å². The first-order valence-corrected chi connectivity index (χ1v) is 8.34. The summed E-state index contributed by atoms with van der Waals surface area (Å²) in [7, 11) is 1.86. The fourth-order valence-corrected chi connectivity index (χ4v) is 3.55. The molecule has 0 saturated carbocycles. The first-order chi connectivity index (χ1) is 9.52. The van der Waals surface area contributed by atoms with Gasteiger partial charge in [-0.25, -0.2) is 0 Å². The van der Waals surface area contributed by atoms with Crippen LogP contribution in [0.25, 0.3) is 0 Å². The second-order valence-electron chi connectivity index (χ2n) is 4.92. The average molecular weight is 355 g/mol. The zero-order valence-electron chi connectivity index (χ0n) is 12.0. The third-order valence-corrected chi connectivity index (χ3v) is 4.68. The number of nitrogens with zero attached hydrogens (tertiary/aromatic N) is 2. The topological polar surface area (TPSA) is 25.2 Å². The highest BCUT2D eigenvalue weighted by molar-refractivity contribution is 9.10. The van der Waals surface area contributed by atoms with Crippen molar-refractivity contribution in [3.8, 4) is 0 Å². The molecule has 0 aliphatic rings. The van der Waals surface area contributed by atoms with Crippen molar-refractivity contribution in [1.82, 2.24) is 9.47 Å². The number of thiophene rings is 1. The largest absolute Gasteiger partial charge is 0.342 e. The Morgan fingerprint density at radius 3 is 2.85 bits per heavy atom. The van der Waals surface area contributed by atoms with Gasteiger partial charge in [0.2, 0.25) is 0 Å². The predicted molar refractivity (Wildman–Crippen MR) is 87.3 cm³/mol. The van der Waals surface area contributed by atoms with Crippen LogP contribution < -0.4 is 0 Å². The third kappa shape index (κ3) is 3.33. The van der Waals surface area contributed by atoms with Crippen molar-refractivity contribution >= 4 is 33.2 Å². The first kappa shape index (κ1) is 15.3. The highest BCUT2D eigenvalue weighted by Crippen LogP contribution is 2.20. The second kappa shape index (κ2) is 6.59. The number of halogens is 1. The summed E-state index contributed by atoms with van der Waals surface area (Å²) >= 11 is 5.15. The number of carbonyl (C=O) groups is 1. The van der Waals surface area contributed by atoms with Gasteiger partial charge in [-0.15, -0.1) is 11.3 Å². The van der Waals surface area contributed by atoms with Crippen LogP contribution in [0.2, 0.25) is 0 Å². The number of rotatable bonds is 5. The summed E-state index contributed by atoms with van der Waals surface area (Å²) in [6.07, 6.45) is 2.98. The molecule has 0 unspecified atom stereocenters. The Morgan fingerprint density at radius 2 is 2.25 bits per heavy atom. The normalized spacial score (nSPS) is 10.8. The van der Waals surface area contributed by atoms with E-state index in [4.69, 9.17) is 0 Å². The summed E-state index contributed by atoms with van der Waals surface area (Å²) in [4.78, 5) is 15.6. The number of aryl methyl sites for hydroxylation is 2. The molecule has 0 bridgehead atoms. The van der Waals surface area contributed by atoms with Crippen molar-refractivity contribution in [1.29, 1.82) is 0 Å². The van der Waals surface area contributed by atoms with Crippen molar-refractivity contribution in [2.75, 3.05) is 7.05 Å². The molecule has 20 heavy (non-hydrogen) atoms. The maximum absolute atomic E-state index is 12.6. The van der Waals surface area contributed by atoms with E-state index < -0.39 is 0 Å². The van der Waals surface area contributed by atoms with Gasteiger partial charge < -0.3 is 9.47 Å². The quantitative estimate of drug-likeness (QED) is 0.785. The number of hydrogen-bond donors (Lipinski definition) is 0. The number of aromatic nitrogens is 1. The van der Waals surface area contributed by atoms with Crippen molar-refractivity contribution < 1.29 is 4.79 Å². The minimum atomic E-state index is 0.0666. The molecule has 0 atom stereocenters. The van der Waals surface area contributed by atoms with Gasteiger partial charge >= 0.3 is 0 Å². The van der Waals surface area contributed by atoms with Crippen LogP contribution in [0.15, 0.2) is 28.2 Å². The minimum Gasteiger partial charge on any atom is -0.342 e. The van der Waals surface area contributed by atoms with Crippen LogP contribution >= 0.6 is 27.3 Å². The summed E-state index contributed by atoms with van der Waals surface area (Å²) in [5.41, 5.74) is 2.00. The van der Waals surface area contributed by atoms with Crippen LogP contribution in [0.5, 0.6) is 0 Å². The second-order valence-corrected chi connectivity index (χ2v) is 6.84. The summed E-state index contributed by atoms with van der Waals surface area (Å²) in [5.74, 6) is 0.0666. The van der Waals surface area contributed by atoms with E-state index in [2.05, 4.69) is 41.2 Å². The van der Waals surface area contributed by atoms with Crippen LogP contribution in [0.3, 0.4) is 0 Å². The van der Waals surface area contributed by atoms with Gasteiger partial charge in [0.05, 0.1) is 6.54 Å². The van der Waals surface area contributed by atoms with Gasteiger partial charge in [0.25, 0.3) is 5.91 Å². The van der Waals surface area contributed by atoms with Gasteiger partial charge in [0, 0.05) is 29.1 Å². The van der Waals surface area contributed by atoms with Crippen LogP contribution in [0.1, 0.15) is 34.3 Å². The van der Waals surface area contributed by atoms with E-state index in [0.717, 1.165) is 23.1 Å². The summed E-state index contributed by atoms with van der Waals surface area (Å²) in [6.45, 7) is 5.72. The summed E-state index contributed by atoms with van der Waals surface area (Å²) < 4.78 is 2.97. The number of amides is 1. The molecule has 0 radical (unpaired) electrons. The molecule has 2 aromatic heterocycles. The van der Waals surface area contributed by atoms with Gasteiger partial charge in [-0.3, -0.25) is 4.79 Å². The Hall–Kier alpha value is -1.07. The molecule has 108 valence electrons. The van der Waals surface area contributed by atoms with E-state index >= 15 is 0 Å². The van der Waals surface area contributed by atoms with Crippen molar-refractivity contribution in [3.63, 3.8) is 0 Å². The zero-order valence-corrected chi connectivity index (χ0v) is 14.4. The molecule has 0 spiro atoms. The van der Waals surface area contributed by atoms with Crippen molar-refractivity contribution in [2.45, 2.75) is 33.4 Å². The standard InChI is InChI=1S/C15H19BrN2OS/c1-4-6-18-9-12(16)8-13(18)15(19)17(3)10-14-11(2)5-7-20-14/h5,7-9H,4,6,10H2,1-3H3. The fraction of sp³-hybridized carbons (Fsp3) is 0.400. The maximum atomic E-state index is 12.6. The van der Waals surface area contributed by atoms with E-state index in [1.807, 2.05) is 23.9 Å². The van der Waals surface area contributed by atoms with Crippen molar-refractivity contribution in [3.05, 3.63) is 44.3 Å². The molecule has 1 amide bonds. The molecule has 0 saturated heterocycles. The maximum Gasteiger partial charge on any atom is 0.270 e. The molecule has 0 N–H and O–H groups in total. The predicted octanol–water partition coefficient (Wildman–Crippen LogP) is 4.30. The van der Waals surface area contributed by atoms with Gasteiger partial charge in [-0.05, 0) is 52.4 Å². The Kier molecular flexibility index (Phi) is 5.05. The lowest BCUT2D eigenvalue weighted by Gasteiger charge is -2.18. The van der Waals surface area contributed by atoms with E-state index in [0.29, 0.717) is 6.54 Å². The van der Waals surface area contributed by atoms with E-state index in [-0.39, 0.29) is 5.91 Å². The molecule has 3 nitrogen and oxygen atoms in total. The molecular weight excluding hydrogens is 336 g/mol. The molecule has 2 rings (SSSR count). The van der Waals surface area contributed by atoms with Crippen LogP contribution in [0.4, 0.5) is 0 Å². The van der Waals surface area contributed by atoms with Gasteiger partial charge in [0.15, 0.2) is 0 Å². The van der Waals surface area contributed by atoms with E-state index in [9.17, 15) is 4.79 Å². The lowest BCUT2D eigenvalue weighted by Crippen LogP contribution is -2.28. The van der Waals surface area contributed by atoms with Crippen LogP contribution in [0, 0.1) is 6.92 Å². The number of hydrogen-bond acceptors (Lipinski definition) is 2. The molecule has 0 aliphatic carbocycles. The highest BCUT2D eigenvalue weighted by Gasteiger charge is 2.18. The van der Waals surface area contributed by atoms with Gasteiger partial charge in [-0.1, -0.05) is 6.92 Å². The van der Waals surface area contributed by atoms with Gasteiger partial charge in [-0.2, -0.15) is 0 Å². The molecule has 2 aromatic rings. The molecular formula is C15H19BrN2OS.